The van der Waals surface area contributed by atoms with Gasteiger partial charge in [-0.15, -0.1) is 0 Å². The molecule has 0 aromatic rings. The molecule has 0 aromatic carbocycles. The zero-order valence-electron chi connectivity index (χ0n) is 7.47. The smallest absolute Gasteiger partial charge is 0.307 e. The van der Waals surface area contributed by atoms with Crippen LogP contribution in [0.5, 0.6) is 0 Å². The molecule has 0 heterocycles. The molecule has 1 aliphatic carbocycles. The summed E-state index contributed by atoms with van der Waals surface area (Å²) >= 11 is 5.68. The van der Waals surface area contributed by atoms with Gasteiger partial charge in [0, 0.05) is 5.03 Å². The van der Waals surface area contributed by atoms with Gasteiger partial charge in [0.15, 0.2) is 0 Å². The molecular formula is C9H13ClO2. The minimum atomic E-state index is -0.723. The van der Waals surface area contributed by atoms with Crippen molar-refractivity contribution in [3.8, 4) is 0 Å². The van der Waals surface area contributed by atoms with Gasteiger partial charge < -0.3 is 5.11 Å². The molecule has 2 atom stereocenters. The van der Waals surface area contributed by atoms with E-state index >= 15 is 0 Å². The summed E-state index contributed by atoms with van der Waals surface area (Å²) in [6, 6.07) is 0. The molecule has 12 heavy (non-hydrogen) atoms. The molecule has 0 amide bonds. The molecule has 0 aromatic heterocycles. The van der Waals surface area contributed by atoms with Crippen molar-refractivity contribution in [1.29, 1.82) is 0 Å². The van der Waals surface area contributed by atoms with Crippen LogP contribution >= 0.6 is 11.6 Å². The van der Waals surface area contributed by atoms with Gasteiger partial charge in [-0.2, -0.15) is 0 Å². The van der Waals surface area contributed by atoms with Crippen LogP contribution in [0.2, 0.25) is 0 Å². The summed E-state index contributed by atoms with van der Waals surface area (Å²) in [7, 11) is 0. The number of halogens is 1. The Morgan fingerprint density at radius 3 is 2.33 bits per heavy atom. The summed E-state index contributed by atoms with van der Waals surface area (Å²) in [6.45, 7) is 5.68. The molecule has 1 aliphatic rings. The Balaban J connectivity index is 2.73. The highest BCUT2D eigenvalue weighted by Crippen LogP contribution is 2.59. The Labute approximate surface area is 77.2 Å². The van der Waals surface area contributed by atoms with Crippen LogP contribution < -0.4 is 0 Å². The molecule has 0 spiro atoms. The quantitative estimate of drug-likeness (QED) is 0.723. The molecule has 3 heteroatoms. The van der Waals surface area contributed by atoms with Gasteiger partial charge in [0.2, 0.25) is 0 Å². The first-order valence-corrected chi connectivity index (χ1v) is 4.32. The standard InChI is InChI=1S/C9H13ClO2/c1-5(10)4-6-7(8(11)12)9(6,2)3/h4,6-7H,1-3H3,(H,11,12)/t6-,7-/m0/s1. The Morgan fingerprint density at radius 1 is 1.58 bits per heavy atom. The van der Waals surface area contributed by atoms with E-state index in [1.54, 1.807) is 6.92 Å². The van der Waals surface area contributed by atoms with Gasteiger partial charge in [-0.3, -0.25) is 4.79 Å². The van der Waals surface area contributed by atoms with Crippen LogP contribution in [0, 0.1) is 17.3 Å². The first-order chi connectivity index (χ1) is 5.37. The van der Waals surface area contributed by atoms with Crippen LogP contribution in [-0.2, 0) is 4.79 Å². The van der Waals surface area contributed by atoms with E-state index in [-0.39, 0.29) is 17.3 Å². The fraction of sp³-hybridized carbons (Fsp3) is 0.667. The minimum Gasteiger partial charge on any atom is -0.481 e. The number of rotatable bonds is 2. The lowest BCUT2D eigenvalue weighted by molar-refractivity contribution is -0.139. The van der Waals surface area contributed by atoms with Crippen LogP contribution in [-0.4, -0.2) is 11.1 Å². The number of allylic oxidation sites excluding steroid dienone is 2. The van der Waals surface area contributed by atoms with Crippen molar-refractivity contribution in [2.75, 3.05) is 0 Å². The zero-order chi connectivity index (χ0) is 9.52. The maximum atomic E-state index is 10.7. The topological polar surface area (TPSA) is 37.3 Å². The zero-order valence-corrected chi connectivity index (χ0v) is 8.22. The molecule has 0 saturated heterocycles. The van der Waals surface area contributed by atoms with Gasteiger partial charge in [0.05, 0.1) is 5.92 Å². The second-order valence-corrected chi connectivity index (χ2v) is 4.51. The fourth-order valence-electron chi connectivity index (χ4n) is 1.71. The van der Waals surface area contributed by atoms with Crippen LogP contribution in [0.1, 0.15) is 20.8 Å². The third-order valence-electron chi connectivity index (χ3n) is 2.59. The van der Waals surface area contributed by atoms with E-state index in [1.807, 2.05) is 19.9 Å². The van der Waals surface area contributed by atoms with Gasteiger partial charge in [0.25, 0.3) is 0 Å². The summed E-state index contributed by atoms with van der Waals surface area (Å²) in [4.78, 5) is 10.7. The molecule has 0 aliphatic heterocycles. The maximum Gasteiger partial charge on any atom is 0.307 e. The van der Waals surface area contributed by atoms with Crippen molar-refractivity contribution in [3.05, 3.63) is 11.1 Å². The first-order valence-electron chi connectivity index (χ1n) is 3.94. The number of hydrogen-bond donors (Lipinski definition) is 1. The molecule has 68 valence electrons. The van der Waals surface area contributed by atoms with Crippen molar-refractivity contribution in [2.24, 2.45) is 17.3 Å². The van der Waals surface area contributed by atoms with E-state index in [2.05, 4.69) is 0 Å². The highest BCUT2D eigenvalue weighted by Gasteiger charge is 2.60. The molecule has 2 nitrogen and oxygen atoms in total. The van der Waals surface area contributed by atoms with Crippen molar-refractivity contribution in [1.82, 2.24) is 0 Å². The molecule has 0 unspecified atom stereocenters. The summed E-state index contributed by atoms with van der Waals surface area (Å²) in [5.41, 5.74) is -0.123. The monoisotopic (exact) mass is 188 g/mol. The predicted octanol–water partition coefficient (Wildman–Crippen LogP) is 2.49. The number of hydrogen-bond acceptors (Lipinski definition) is 1. The number of aliphatic carboxylic acids is 1. The predicted molar refractivity (Wildman–Crippen MR) is 48.0 cm³/mol. The Hall–Kier alpha value is -0.500. The van der Waals surface area contributed by atoms with Gasteiger partial charge >= 0.3 is 5.97 Å². The molecule has 1 saturated carbocycles. The Kier molecular flexibility index (Phi) is 2.21. The van der Waals surface area contributed by atoms with Crippen molar-refractivity contribution >= 4 is 17.6 Å². The van der Waals surface area contributed by atoms with E-state index in [4.69, 9.17) is 16.7 Å². The highest BCUT2D eigenvalue weighted by atomic mass is 35.5. The number of carboxylic acids is 1. The second kappa shape index (κ2) is 2.77. The van der Waals surface area contributed by atoms with E-state index in [0.29, 0.717) is 5.03 Å². The van der Waals surface area contributed by atoms with Crippen LogP contribution in [0.15, 0.2) is 11.1 Å². The Bertz CT molecular complexity index is 239. The van der Waals surface area contributed by atoms with Crippen molar-refractivity contribution in [3.63, 3.8) is 0 Å². The Morgan fingerprint density at radius 2 is 2.08 bits per heavy atom. The first kappa shape index (κ1) is 9.59. The molecule has 1 rings (SSSR count). The molecular weight excluding hydrogens is 176 g/mol. The van der Waals surface area contributed by atoms with Crippen LogP contribution in [0.4, 0.5) is 0 Å². The molecule has 1 N–H and O–H groups in total. The third kappa shape index (κ3) is 1.48. The average Bonchev–Trinajstić information content (AvgIpc) is 2.32. The third-order valence-corrected chi connectivity index (χ3v) is 2.71. The lowest BCUT2D eigenvalue weighted by Gasteiger charge is -1.96. The molecule has 0 radical (unpaired) electrons. The second-order valence-electron chi connectivity index (χ2n) is 3.92. The van der Waals surface area contributed by atoms with Gasteiger partial charge in [-0.1, -0.05) is 31.5 Å². The maximum absolute atomic E-state index is 10.7. The normalized spacial score (nSPS) is 33.2. The van der Waals surface area contributed by atoms with Crippen molar-refractivity contribution in [2.45, 2.75) is 20.8 Å². The summed E-state index contributed by atoms with van der Waals surface area (Å²) in [6.07, 6.45) is 1.83. The highest BCUT2D eigenvalue weighted by molar-refractivity contribution is 6.29. The van der Waals surface area contributed by atoms with Crippen molar-refractivity contribution < 1.29 is 9.90 Å². The van der Waals surface area contributed by atoms with Crippen LogP contribution in [0.3, 0.4) is 0 Å². The van der Waals surface area contributed by atoms with Gasteiger partial charge in [0.1, 0.15) is 0 Å². The lowest BCUT2D eigenvalue weighted by Crippen LogP contribution is -2.02. The lowest BCUT2D eigenvalue weighted by atomic mass is 10.1. The van der Waals surface area contributed by atoms with E-state index in [1.165, 1.54) is 0 Å². The largest absolute Gasteiger partial charge is 0.481 e. The summed E-state index contributed by atoms with van der Waals surface area (Å²) < 4.78 is 0. The SMILES string of the molecule is CC(Cl)=C[C@H]1[C@@H](C(=O)O)C1(C)C. The van der Waals surface area contributed by atoms with E-state index in [9.17, 15) is 4.79 Å². The number of carboxylic acid groups (broad SMARTS) is 1. The average molecular weight is 189 g/mol. The van der Waals surface area contributed by atoms with E-state index in [0.717, 1.165) is 0 Å². The van der Waals surface area contributed by atoms with Crippen LogP contribution in [0.25, 0.3) is 0 Å². The number of carbonyl (C=O) groups is 1. The molecule has 1 fully saturated rings. The molecule has 0 bridgehead atoms. The summed E-state index contributed by atoms with van der Waals surface area (Å²) in [5, 5.41) is 9.48. The van der Waals surface area contributed by atoms with E-state index < -0.39 is 5.97 Å². The summed E-state index contributed by atoms with van der Waals surface area (Å²) in [5.74, 6) is -0.877. The fourth-order valence-corrected chi connectivity index (χ4v) is 1.84. The van der Waals surface area contributed by atoms with Gasteiger partial charge in [-0.25, -0.2) is 0 Å². The minimum absolute atomic E-state index is 0.104. The van der Waals surface area contributed by atoms with Gasteiger partial charge in [-0.05, 0) is 18.3 Å².